The number of rotatable bonds is 2. The van der Waals surface area contributed by atoms with E-state index in [2.05, 4.69) is 29.2 Å². The Morgan fingerprint density at radius 2 is 2.21 bits per heavy atom. The number of thioether (sulfide) groups is 1. The van der Waals surface area contributed by atoms with Crippen molar-refractivity contribution >= 4 is 39.1 Å². The summed E-state index contributed by atoms with van der Waals surface area (Å²) in [5, 5.41) is 1.03. The lowest BCUT2D eigenvalue weighted by atomic mass is 10.2. The minimum absolute atomic E-state index is 0.0297. The molecule has 0 bridgehead atoms. The van der Waals surface area contributed by atoms with Crippen molar-refractivity contribution in [3.8, 4) is 0 Å². The fraction of sp³-hybridized carbons (Fsp3) is 0.500. The SMILES string of the molecule is Cc1sc2nc(C3CSCCO3)nc(NN)c2c1C. The maximum absolute atomic E-state index is 5.74. The predicted octanol–water partition coefficient (Wildman–Crippen LogP) is 2.40. The summed E-state index contributed by atoms with van der Waals surface area (Å²) >= 11 is 3.55. The molecule has 0 spiro atoms. The zero-order valence-corrected chi connectivity index (χ0v) is 12.5. The summed E-state index contributed by atoms with van der Waals surface area (Å²) in [6.45, 7) is 4.92. The fourth-order valence-corrected chi connectivity index (χ4v) is 4.03. The third kappa shape index (κ3) is 2.31. The Kier molecular flexibility index (Phi) is 3.62. The van der Waals surface area contributed by atoms with E-state index >= 15 is 0 Å². The number of nitrogen functional groups attached to an aromatic ring is 1. The number of hydrogen-bond donors (Lipinski definition) is 2. The van der Waals surface area contributed by atoms with Crippen LogP contribution in [0, 0.1) is 13.8 Å². The number of aryl methyl sites for hydroxylation is 2. The molecule has 2 aromatic heterocycles. The van der Waals surface area contributed by atoms with Gasteiger partial charge in [0.25, 0.3) is 0 Å². The smallest absolute Gasteiger partial charge is 0.162 e. The monoisotopic (exact) mass is 296 g/mol. The number of nitrogens with two attached hydrogens (primary N) is 1. The highest BCUT2D eigenvalue weighted by molar-refractivity contribution is 7.99. The molecule has 1 fully saturated rings. The first-order chi connectivity index (χ1) is 9.20. The Balaban J connectivity index is 2.11. The molecule has 1 unspecified atom stereocenters. The zero-order chi connectivity index (χ0) is 13.4. The minimum Gasteiger partial charge on any atom is -0.368 e. The van der Waals surface area contributed by atoms with Gasteiger partial charge in [-0.1, -0.05) is 0 Å². The largest absolute Gasteiger partial charge is 0.368 e. The summed E-state index contributed by atoms with van der Waals surface area (Å²) in [7, 11) is 0. The molecule has 1 aliphatic heterocycles. The Morgan fingerprint density at radius 1 is 1.37 bits per heavy atom. The second kappa shape index (κ2) is 5.24. The number of ether oxygens (including phenoxy) is 1. The fourth-order valence-electron chi connectivity index (χ4n) is 2.15. The van der Waals surface area contributed by atoms with Gasteiger partial charge in [-0.15, -0.1) is 11.3 Å². The summed E-state index contributed by atoms with van der Waals surface area (Å²) in [6, 6.07) is 0. The van der Waals surface area contributed by atoms with Crippen LogP contribution in [0.25, 0.3) is 10.2 Å². The number of hydrazine groups is 1. The first-order valence-corrected chi connectivity index (χ1v) is 8.11. The first-order valence-electron chi connectivity index (χ1n) is 6.14. The van der Waals surface area contributed by atoms with Crippen molar-refractivity contribution in [3.05, 3.63) is 16.3 Å². The van der Waals surface area contributed by atoms with E-state index in [0.717, 1.165) is 34.2 Å². The molecule has 7 heteroatoms. The van der Waals surface area contributed by atoms with Crippen LogP contribution in [0.1, 0.15) is 22.4 Å². The average molecular weight is 296 g/mol. The van der Waals surface area contributed by atoms with Gasteiger partial charge >= 0.3 is 0 Å². The molecular formula is C12H16N4OS2. The van der Waals surface area contributed by atoms with Crippen LogP contribution in [0.4, 0.5) is 5.82 Å². The van der Waals surface area contributed by atoms with Crippen molar-refractivity contribution in [2.75, 3.05) is 23.5 Å². The summed E-state index contributed by atoms with van der Waals surface area (Å²) in [5.74, 6) is 8.98. The molecule has 0 amide bonds. The Morgan fingerprint density at radius 3 is 2.89 bits per heavy atom. The van der Waals surface area contributed by atoms with Gasteiger partial charge in [-0.25, -0.2) is 15.8 Å². The Labute approximate surface area is 119 Å². The van der Waals surface area contributed by atoms with Crippen LogP contribution < -0.4 is 11.3 Å². The maximum Gasteiger partial charge on any atom is 0.162 e. The number of fused-ring (bicyclic) bond motifs is 1. The molecule has 102 valence electrons. The van der Waals surface area contributed by atoms with Crippen molar-refractivity contribution in [2.45, 2.75) is 20.0 Å². The number of nitrogens with one attached hydrogen (secondary N) is 1. The number of thiophene rings is 1. The lowest BCUT2D eigenvalue weighted by molar-refractivity contribution is 0.0698. The molecule has 0 radical (unpaired) electrons. The molecule has 3 N–H and O–H groups in total. The molecule has 0 saturated carbocycles. The van der Waals surface area contributed by atoms with Crippen LogP contribution >= 0.6 is 23.1 Å². The van der Waals surface area contributed by atoms with E-state index in [1.807, 2.05) is 11.8 Å². The van der Waals surface area contributed by atoms with E-state index in [-0.39, 0.29) is 6.10 Å². The summed E-state index contributed by atoms with van der Waals surface area (Å²) < 4.78 is 5.74. The van der Waals surface area contributed by atoms with Crippen LogP contribution in [0.2, 0.25) is 0 Å². The lowest BCUT2D eigenvalue weighted by Crippen LogP contribution is -2.19. The first kappa shape index (κ1) is 13.1. The minimum atomic E-state index is -0.0297. The van der Waals surface area contributed by atoms with Crippen LogP contribution in [0.3, 0.4) is 0 Å². The number of anilines is 1. The van der Waals surface area contributed by atoms with Gasteiger partial charge < -0.3 is 10.2 Å². The summed E-state index contributed by atoms with van der Waals surface area (Å²) in [5.41, 5.74) is 3.89. The highest BCUT2D eigenvalue weighted by atomic mass is 32.2. The van der Waals surface area contributed by atoms with E-state index in [1.54, 1.807) is 11.3 Å². The predicted molar refractivity (Wildman–Crippen MR) is 80.7 cm³/mol. The van der Waals surface area contributed by atoms with Gasteiger partial charge in [-0.05, 0) is 19.4 Å². The van der Waals surface area contributed by atoms with Crippen LogP contribution in [0.15, 0.2) is 0 Å². The molecule has 0 aliphatic carbocycles. The van der Waals surface area contributed by atoms with Crippen molar-refractivity contribution in [2.24, 2.45) is 5.84 Å². The molecule has 1 aliphatic rings. The van der Waals surface area contributed by atoms with E-state index < -0.39 is 0 Å². The second-order valence-corrected chi connectivity index (χ2v) is 6.83. The van der Waals surface area contributed by atoms with Gasteiger partial charge in [0.05, 0.1) is 12.0 Å². The highest BCUT2D eigenvalue weighted by Gasteiger charge is 2.22. The quantitative estimate of drug-likeness (QED) is 0.655. The molecule has 0 aromatic carbocycles. The van der Waals surface area contributed by atoms with E-state index in [0.29, 0.717) is 5.82 Å². The normalized spacial score (nSPS) is 19.8. The van der Waals surface area contributed by atoms with E-state index in [4.69, 9.17) is 10.6 Å². The standard InChI is InChI=1S/C12H16N4OS2/c1-6-7(2)19-12-9(6)11(16-13)14-10(15-12)8-5-18-4-3-17-8/h8H,3-5,13H2,1-2H3,(H,14,15,16). The highest BCUT2D eigenvalue weighted by Crippen LogP contribution is 2.35. The number of aromatic nitrogens is 2. The van der Waals surface area contributed by atoms with Crippen molar-refractivity contribution in [1.29, 1.82) is 0 Å². The molecule has 5 nitrogen and oxygen atoms in total. The van der Waals surface area contributed by atoms with Crippen LogP contribution in [0.5, 0.6) is 0 Å². The molecular weight excluding hydrogens is 280 g/mol. The molecule has 1 saturated heterocycles. The molecule has 2 aromatic rings. The van der Waals surface area contributed by atoms with Gasteiger partial charge in [0.1, 0.15) is 10.9 Å². The molecule has 19 heavy (non-hydrogen) atoms. The van der Waals surface area contributed by atoms with Gasteiger partial charge in [0.15, 0.2) is 11.6 Å². The van der Waals surface area contributed by atoms with Gasteiger partial charge in [-0.3, -0.25) is 0 Å². The Hall–Kier alpha value is -0.890. The topological polar surface area (TPSA) is 73.1 Å². The molecule has 1 atom stereocenters. The zero-order valence-electron chi connectivity index (χ0n) is 10.9. The van der Waals surface area contributed by atoms with Gasteiger partial charge in [0.2, 0.25) is 0 Å². The Bertz CT molecular complexity index is 607. The number of hydrogen-bond acceptors (Lipinski definition) is 7. The third-order valence-electron chi connectivity index (χ3n) is 3.29. The van der Waals surface area contributed by atoms with Gasteiger partial charge in [0, 0.05) is 16.4 Å². The second-order valence-electron chi connectivity index (χ2n) is 4.47. The van der Waals surface area contributed by atoms with Crippen molar-refractivity contribution in [3.63, 3.8) is 0 Å². The van der Waals surface area contributed by atoms with E-state index in [1.165, 1.54) is 10.4 Å². The van der Waals surface area contributed by atoms with Crippen LogP contribution in [-0.4, -0.2) is 28.1 Å². The molecule has 3 rings (SSSR count). The third-order valence-corrected chi connectivity index (χ3v) is 5.38. The molecule has 3 heterocycles. The average Bonchev–Trinajstić information content (AvgIpc) is 2.74. The summed E-state index contributed by atoms with van der Waals surface area (Å²) in [6.07, 6.45) is -0.0297. The van der Waals surface area contributed by atoms with Crippen LogP contribution in [-0.2, 0) is 4.74 Å². The van der Waals surface area contributed by atoms with Crippen molar-refractivity contribution in [1.82, 2.24) is 9.97 Å². The number of nitrogens with zero attached hydrogens (tertiary/aromatic N) is 2. The summed E-state index contributed by atoms with van der Waals surface area (Å²) in [4.78, 5) is 11.4. The van der Waals surface area contributed by atoms with Crippen molar-refractivity contribution < 1.29 is 4.74 Å². The lowest BCUT2D eigenvalue weighted by Gasteiger charge is -2.21. The van der Waals surface area contributed by atoms with E-state index in [9.17, 15) is 0 Å². The maximum atomic E-state index is 5.74. The van der Waals surface area contributed by atoms with Gasteiger partial charge in [-0.2, -0.15) is 11.8 Å².